The molecule has 4 heterocycles. The van der Waals surface area contributed by atoms with E-state index in [0.717, 1.165) is 44.5 Å². The monoisotopic (exact) mass is 751 g/mol. The molecule has 0 saturated carbocycles. The molecular weight excluding hydrogens is 710 g/mol. The lowest BCUT2D eigenvalue weighted by Gasteiger charge is -2.31. The number of fused-ring (bicyclic) bond motifs is 2. The topological polar surface area (TPSA) is 101 Å². The number of ether oxygens (including phenoxy) is 1. The smallest absolute Gasteiger partial charge is 0.264 e. The zero-order valence-corrected chi connectivity index (χ0v) is 32.0. The number of aliphatic hydroxyl groups is 1. The summed E-state index contributed by atoms with van der Waals surface area (Å²) >= 11 is 0. The first-order valence-corrected chi connectivity index (χ1v) is 21.8. The molecule has 3 aliphatic rings. The lowest BCUT2D eigenvalue weighted by molar-refractivity contribution is -0.146. The van der Waals surface area contributed by atoms with E-state index in [4.69, 9.17) is 4.74 Å². The molecule has 0 aliphatic carbocycles. The van der Waals surface area contributed by atoms with E-state index in [2.05, 4.69) is 10.3 Å². The molecule has 55 heavy (non-hydrogen) atoms. The number of anilines is 3. The summed E-state index contributed by atoms with van der Waals surface area (Å²) in [5.41, 5.74) is 4.53. The second-order valence-corrected chi connectivity index (χ2v) is 19.3. The van der Waals surface area contributed by atoms with E-state index < -0.39 is 31.6 Å². The molecule has 9 rings (SSSR count). The number of aryl methyl sites for hydroxylation is 1. The van der Waals surface area contributed by atoms with Crippen LogP contribution in [0.1, 0.15) is 52.0 Å². The fourth-order valence-corrected chi connectivity index (χ4v) is 12.0. The summed E-state index contributed by atoms with van der Waals surface area (Å²) in [7, 11) is -3.36. The van der Waals surface area contributed by atoms with Crippen molar-refractivity contribution in [3.63, 3.8) is 0 Å². The molecule has 2 amide bonds. The molecule has 6 aromatic rings. The third-order valence-corrected chi connectivity index (χ3v) is 14.4. The molecule has 1 spiro atoms. The highest BCUT2D eigenvalue weighted by Gasteiger charge is 2.66. The van der Waals surface area contributed by atoms with Gasteiger partial charge in [0.1, 0.15) is 0 Å². The second kappa shape index (κ2) is 13.4. The number of benzene rings is 5. The molecule has 1 unspecified atom stereocenters. The molecule has 1 fully saturated rings. The molecule has 5 aromatic carbocycles. The third-order valence-electron chi connectivity index (χ3n) is 11.9. The SMILES string of the molecule is C[C@@H]1[C@@H]([Si](C)(C)F)[C@H](CCn2cc(C(CO)c3ccccc3)nn2)O[C@@]12C(=O)N(Cc1ccc(N3C(=O)c4cccc5cccc3c45)cc1)c1ccccc12. The van der Waals surface area contributed by atoms with E-state index in [0.29, 0.717) is 30.8 Å². The summed E-state index contributed by atoms with van der Waals surface area (Å²) in [5.74, 6) is -0.981. The van der Waals surface area contributed by atoms with Crippen LogP contribution in [0.15, 0.2) is 121 Å². The number of amides is 2. The summed E-state index contributed by atoms with van der Waals surface area (Å²) < 4.78 is 25.1. The lowest BCUT2D eigenvalue weighted by atomic mass is 9.82. The molecule has 278 valence electrons. The minimum Gasteiger partial charge on any atom is -0.395 e. The maximum Gasteiger partial charge on any atom is 0.264 e. The summed E-state index contributed by atoms with van der Waals surface area (Å²) in [5, 5.41) is 20.9. The fourth-order valence-electron chi connectivity index (χ4n) is 9.43. The van der Waals surface area contributed by atoms with Gasteiger partial charge in [-0.1, -0.05) is 97.1 Å². The van der Waals surface area contributed by atoms with Gasteiger partial charge in [-0.3, -0.25) is 19.2 Å². The number of carbonyl (C=O) groups excluding carboxylic acids is 2. The minimum absolute atomic E-state index is 0.0632. The average Bonchev–Trinajstić information content (AvgIpc) is 3.92. The van der Waals surface area contributed by atoms with Crippen LogP contribution in [-0.2, 0) is 28.2 Å². The summed E-state index contributed by atoms with van der Waals surface area (Å²) in [6.45, 7) is 5.98. The largest absolute Gasteiger partial charge is 0.395 e. The van der Waals surface area contributed by atoms with Crippen LogP contribution in [0.25, 0.3) is 10.8 Å². The Balaban J connectivity index is 0.970. The zero-order chi connectivity index (χ0) is 38.1. The molecular formula is C44H42FN5O4Si. The van der Waals surface area contributed by atoms with Gasteiger partial charge in [-0.05, 0) is 66.4 Å². The van der Waals surface area contributed by atoms with Crippen LogP contribution in [0.2, 0.25) is 18.6 Å². The maximum atomic E-state index is 16.4. The van der Waals surface area contributed by atoms with Crippen LogP contribution in [0.3, 0.4) is 0 Å². The lowest BCUT2D eigenvalue weighted by Crippen LogP contribution is -2.45. The van der Waals surface area contributed by atoms with E-state index >= 15 is 4.11 Å². The second-order valence-electron chi connectivity index (χ2n) is 15.5. The molecule has 0 bridgehead atoms. The van der Waals surface area contributed by atoms with Crippen molar-refractivity contribution in [3.05, 3.63) is 149 Å². The number of rotatable bonds is 10. The number of halogens is 1. The van der Waals surface area contributed by atoms with Gasteiger partial charge >= 0.3 is 0 Å². The molecule has 5 atom stereocenters. The predicted molar refractivity (Wildman–Crippen MR) is 213 cm³/mol. The van der Waals surface area contributed by atoms with Crippen LogP contribution in [0.5, 0.6) is 0 Å². The highest BCUT2D eigenvalue weighted by molar-refractivity contribution is 6.72. The number of hydrogen-bond acceptors (Lipinski definition) is 6. The third kappa shape index (κ3) is 5.63. The number of aromatic nitrogens is 3. The standard InChI is InChI=1S/C44H42FN5O4Si/c1-28-41(55(2,3)45)39(23-24-48-26-36(46-47-48)34(27-51)30-11-5-4-6-12-30)54-44(28)35-16-7-8-17-37(35)49(43(44)53)25-29-19-21-32(22-20-29)50-38-18-10-14-31-13-9-15-33(40(31)38)42(50)52/h4-22,26,28,34,39,41,51H,23-25,27H2,1-3H3/t28-,34?,39+,41-,44+/m1/s1. The van der Waals surface area contributed by atoms with Gasteiger partial charge in [-0.15, -0.1) is 5.10 Å². The van der Waals surface area contributed by atoms with Crippen molar-refractivity contribution in [2.75, 3.05) is 16.4 Å². The average molecular weight is 752 g/mol. The number of para-hydroxylation sites is 1. The Bertz CT molecular complexity index is 2430. The molecule has 1 N–H and O–H groups in total. The van der Waals surface area contributed by atoms with Gasteiger partial charge in [0.15, 0.2) is 5.60 Å². The van der Waals surface area contributed by atoms with E-state index in [-0.39, 0.29) is 24.3 Å². The Morgan fingerprint density at radius 1 is 0.891 bits per heavy atom. The van der Waals surface area contributed by atoms with Gasteiger partial charge < -0.3 is 18.9 Å². The highest BCUT2D eigenvalue weighted by atomic mass is 28.4. The number of nitrogens with zero attached hydrogens (tertiary/aromatic N) is 5. The Kier molecular flexibility index (Phi) is 8.56. The Morgan fingerprint density at radius 3 is 2.35 bits per heavy atom. The van der Waals surface area contributed by atoms with Gasteiger partial charge in [0.2, 0.25) is 8.41 Å². The Morgan fingerprint density at radius 2 is 1.60 bits per heavy atom. The van der Waals surface area contributed by atoms with Gasteiger partial charge in [0.05, 0.1) is 47.8 Å². The first-order valence-electron chi connectivity index (χ1n) is 18.9. The first kappa shape index (κ1) is 35.2. The predicted octanol–water partition coefficient (Wildman–Crippen LogP) is 8.26. The van der Waals surface area contributed by atoms with Crippen LogP contribution in [0.4, 0.5) is 21.2 Å². The van der Waals surface area contributed by atoms with Crippen LogP contribution >= 0.6 is 0 Å². The molecule has 3 aliphatic heterocycles. The van der Waals surface area contributed by atoms with E-state index in [1.807, 2.05) is 128 Å². The van der Waals surface area contributed by atoms with Crippen LogP contribution in [-0.4, -0.2) is 53.0 Å². The zero-order valence-electron chi connectivity index (χ0n) is 31.0. The first-order chi connectivity index (χ1) is 26.6. The van der Waals surface area contributed by atoms with Crippen molar-refractivity contribution in [1.82, 2.24) is 15.0 Å². The van der Waals surface area contributed by atoms with Crippen molar-refractivity contribution in [2.45, 2.75) is 62.7 Å². The molecule has 9 nitrogen and oxygen atoms in total. The minimum atomic E-state index is -3.36. The summed E-state index contributed by atoms with van der Waals surface area (Å²) in [4.78, 5) is 32.0. The van der Waals surface area contributed by atoms with Crippen LogP contribution in [0, 0.1) is 5.92 Å². The highest BCUT2D eigenvalue weighted by Crippen LogP contribution is 2.60. The number of hydrogen-bond donors (Lipinski definition) is 1. The van der Waals surface area contributed by atoms with Gasteiger partial charge in [-0.2, -0.15) is 0 Å². The van der Waals surface area contributed by atoms with Crippen LogP contribution < -0.4 is 9.80 Å². The van der Waals surface area contributed by atoms with Crippen molar-refractivity contribution in [2.24, 2.45) is 5.92 Å². The summed E-state index contributed by atoms with van der Waals surface area (Å²) in [6.07, 6.45) is 1.75. The van der Waals surface area contributed by atoms with E-state index in [1.54, 1.807) is 27.6 Å². The van der Waals surface area contributed by atoms with Gasteiger partial charge in [-0.25, -0.2) is 0 Å². The Hall–Kier alpha value is -5.49. The molecule has 1 saturated heterocycles. The van der Waals surface area contributed by atoms with Gasteiger partial charge in [0, 0.05) is 40.8 Å². The molecule has 0 radical (unpaired) electrons. The molecule has 1 aromatic heterocycles. The number of carbonyl (C=O) groups is 2. The molecule has 11 heteroatoms. The normalized spacial score (nSPS) is 22.3. The van der Waals surface area contributed by atoms with E-state index in [1.165, 1.54) is 0 Å². The fraction of sp³-hybridized carbons (Fsp3) is 0.273. The number of aliphatic hydroxyl groups excluding tert-OH is 1. The quantitative estimate of drug-likeness (QED) is 0.112. The van der Waals surface area contributed by atoms with E-state index in [9.17, 15) is 14.7 Å². The Labute approximate surface area is 320 Å². The van der Waals surface area contributed by atoms with Gasteiger partial charge in [0.25, 0.3) is 11.8 Å². The van der Waals surface area contributed by atoms with Crippen molar-refractivity contribution in [3.8, 4) is 0 Å². The van der Waals surface area contributed by atoms with Crippen molar-refractivity contribution >= 4 is 48.1 Å². The summed E-state index contributed by atoms with van der Waals surface area (Å²) in [6, 6.07) is 36.9. The maximum absolute atomic E-state index is 16.4. The van der Waals surface area contributed by atoms with Crippen molar-refractivity contribution in [1.29, 1.82) is 0 Å². The van der Waals surface area contributed by atoms with Crippen molar-refractivity contribution < 1.29 is 23.5 Å².